The number of nitrogens with one attached hydrogen (secondary N) is 1. The van der Waals surface area contributed by atoms with E-state index in [-0.39, 0.29) is 11.4 Å². The van der Waals surface area contributed by atoms with Crippen LogP contribution < -0.4 is 16.0 Å². The summed E-state index contributed by atoms with van der Waals surface area (Å²) in [6.45, 7) is 8.20. The highest BCUT2D eigenvalue weighted by Gasteiger charge is 2.25. The highest BCUT2D eigenvalue weighted by molar-refractivity contribution is 7.18. The molecule has 5 nitrogen and oxygen atoms in total. The van der Waals surface area contributed by atoms with E-state index >= 15 is 0 Å². The second-order valence-electron chi connectivity index (χ2n) is 5.99. The second kappa shape index (κ2) is 5.99. The monoisotopic (exact) mass is 296 g/mol. The van der Waals surface area contributed by atoms with Gasteiger partial charge in [-0.1, -0.05) is 24.7 Å². The first-order chi connectivity index (χ1) is 9.43. The standard InChI is InChI=1S/C14H24N4OS/c1-4-7-14(2,3)17-12(19)10-11(15)16-13(20-10)18-8-5-6-9-18/h4-9,15H2,1-3H3,(H,17,19). The largest absolute Gasteiger partial charge is 0.382 e. The van der Waals surface area contributed by atoms with Gasteiger partial charge in [0.15, 0.2) is 5.13 Å². The lowest BCUT2D eigenvalue weighted by atomic mass is 9.99. The zero-order valence-electron chi connectivity index (χ0n) is 12.5. The number of carbonyl (C=O) groups excluding carboxylic acids is 1. The van der Waals surface area contributed by atoms with Gasteiger partial charge >= 0.3 is 0 Å². The number of nitrogens with zero attached hydrogens (tertiary/aromatic N) is 2. The molecular weight excluding hydrogens is 272 g/mol. The lowest BCUT2D eigenvalue weighted by Crippen LogP contribution is -2.43. The number of rotatable bonds is 5. The molecule has 0 radical (unpaired) electrons. The van der Waals surface area contributed by atoms with Crippen molar-refractivity contribution in [2.45, 2.75) is 52.0 Å². The summed E-state index contributed by atoms with van der Waals surface area (Å²) in [7, 11) is 0. The molecule has 0 bridgehead atoms. The summed E-state index contributed by atoms with van der Waals surface area (Å²) in [5.74, 6) is 0.241. The summed E-state index contributed by atoms with van der Waals surface area (Å²) in [6.07, 6.45) is 4.34. The predicted octanol–water partition coefficient (Wildman–Crippen LogP) is 2.63. The highest BCUT2D eigenvalue weighted by atomic mass is 32.1. The lowest BCUT2D eigenvalue weighted by Gasteiger charge is -2.25. The number of anilines is 2. The molecule has 1 fully saturated rings. The molecule has 0 aliphatic carbocycles. The van der Waals surface area contributed by atoms with Crippen molar-refractivity contribution >= 4 is 28.2 Å². The quantitative estimate of drug-likeness (QED) is 0.876. The highest BCUT2D eigenvalue weighted by Crippen LogP contribution is 2.30. The fourth-order valence-electron chi connectivity index (χ4n) is 2.58. The van der Waals surface area contributed by atoms with Crippen molar-refractivity contribution in [2.75, 3.05) is 23.7 Å². The molecule has 3 N–H and O–H groups in total. The van der Waals surface area contributed by atoms with Crippen molar-refractivity contribution in [1.82, 2.24) is 10.3 Å². The van der Waals surface area contributed by atoms with Gasteiger partial charge in [0.2, 0.25) is 0 Å². The van der Waals surface area contributed by atoms with E-state index in [4.69, 9.17) is 5.73 Å². The zero-order valence-corrected chi connectivity index (χ0v) is 13.3. The van der Waals surface area contributed by atoms with Gasteiger partial charge in [0, 0.05) is 18.6 Å². The maximum atomic E-state index is 12.3. The zero-order chi connectivity index (χ0) is 14.8. The third-order valence-corrected chi connectivity index (χ3v) is 4.68. The van der Waals surface area contributed by atoms with E-state index in [1.165, 1.54) is 24.2 Å². The van der Waals surface area contributed by atoms with Crippen molar-refractivity contribution in [3.8, 4) is 0 Å². The van der Waals surface area contributed by atoms with Crippen molar-refractivity contribution in [3.63, 3.8) is 0 Å². The van der Waals surface area contributed by atoms with E-state index in [9.17, 15) is 4.79 Å². The molecule has 0 aromatic carbocycles. The molecule has 1 aliphatic heterocycles. The van der Waals surface area contributed by atoms with E-state index in [1.807, 2.05) is 13.8 Å². The summed E-state index contributed by atoms with van der Waals surface area (Å²) >= 11 is 1.40. The molecule has 1 aliphatic rings. The van der Waals surface area contributed by atoms with Gasteiger partial charge in [0.25, 0.3) is 5.91 Å². The van der Waals surface area contributed by atoms with Gasteiger partial charge in [-0.25, -0.2) is 4.98 Å². The normalized spacial score (nSPS) is 15.7. The molecule has 1 aromatic heterocycles. The minimum Gasteiger partial charge on any atom is -0.382 e. The van der Waals surface area contributed by atoms with E-state index in [0.717, 1.165) is 31.1 Å². The van der Waals surface area contributed by atoms with Crippen molar-refractivity contribution in [1.29, 1.82) is 0 Å². The van der Waals surface area contributed by atoms with Crippen LogP contribution in [0.4, 0.5) is 10.9 Å². The first kappa shape index (κ1) is 15.1. The summed E-state index contributed by atoms with van der Waals surface area (Å²) < 4.78 is 0. The Bertz CT molecular complexity index is 478. The molecule has 0 atom stereocenters. The van der Waals surface area contributed by atoms with Crippen molar-refractivity contribution in [2.24, 2.45) is 0 Å². The van der Waals surface area contributed by atoms with Gasteiger partial charge in [0.05, 0.1) is 0 Å². The first-order valence-corrected chi connectivity index (χ1v) is 8.08. The number of nitrogens with two attached hydrogens (primary N) is 1. The third-order valence-electron chi connectivity index (χ3n) is 3.55. The van der Waals surface area contributed by atoms with Crippen molar-refractivity contribution in [3.05, 3.63) is 4.88 Å². The van der Waals surface area contributed by atoms with Crippen LogP contribution >= 0.6 is 11.3 Å². The minimum absolute atomic E-state index is 0.108. The number of thiazole rings is 1. The molecule has 2 heterocycles. The van der Waals surface area contributed by atoms with Crippen LogP contribution in [0.25, 0.3) is 0 Å². The van der Waals surface area contributed by atoms with Gasteiger partial charge in [-0.3, -0.25) is 4.79 Å². The van der Waals surface area contributed by atoms with Crippen LogP contribution in [0.15, 0.2) is 0 Å². The maximum absolute atomic E-state index is 12.3. The molecule has 2 rings (SSSR count). The van der Waals surface area contributed by atoms with Crippen LogP contribution in [0.2, 0.25) is 0 Å². The molecule has 0 spiro atoms. The van der Waals surface area contributed by atoms with Crippen molar-refractivity contribution < 1.29 is 4.79 Å². The number of nitrogen functional groups attached to an aromatic ring is 1. The summed E-state index contributed by atoms with van der Waals surface area (Å²) in [5.41, 5.74) is 5.70. The molecule has 1 saturated heterocycles. The fourth-order valence-corrected chi connectivity index (χ4v) is 3.51. The van der Waals surface area contributed by atoms with E-state index in [2.05, 4.69) is 22.1 Å². The Morgan fingerprint density at radius 2 is 2.10 bits per heavy atom. The molecule has 6 heteroatoms. The number of carbonyl (C=O) groups is 1. The smallest absolute Gasteiger partial charge is 0.265 e. The topological polar surface area (TPSA) is 71.2 Å². The van der Waals surface area contributed by atoms with E-state index in [1.54, 1.807) is 0 Å². The van der Waals surface area contributed by atoms with Crippen LogP contribution in [0.5, 0.6) is 0 Å². The Hall–Kier alpha value is -1.30. The summed E-state index contributed by atoms with van der Waals surface area (Å²) in [4.78, 5) is 19.4. The molecule has 0 unspecified atom stereocenters. The molecule has 0 saturated carbocycles. The van der Waals surface area contributed by atoms with Crippen LogP contribution in [0, 0.1) is 0 Å². The second-order valence-corrected chi connectivity index (χ2v) is 6.97. The summed E-state index contributed by atoms with van der Waals surface area (Å²) in [6, 6.07) is 0. The molecule has 112 valence electrons. The van der Waals surface area contributed by atoms with Crippen LogP contribution in [0.1, 0.15) is 56.1 Å². The Kier molecular flexibility index (Phi) is 4.52. The Labute approximate surface area is 124 Å². The lowest BCUT2D eigenvalue weighted by molar-refractivity contribution is 0.0914. The Balaban J connectivity index is 2.10. The number of amides is 1. The fraction of sp³-hybridized carbons (Fsp3) is 0.714. The van der Waals surface area contributed by atoms with Gasteiger partial charge in [-0.15, -0.1) is 0 Å². The van der Waals surface area contributed by atoms with E-state index in [0.29, 0.717) is 10.7 Å². The SMILES string of the molecule is CCCC(C)(C)NC(=O)c1sc(N2CCCC2)nc1N. The summed E-state index contributed by atoms with van der Waals surface area (Å²) in [5, 5.41) is 3.92. The maximum Gasteiger partial charge on any atom is 0.265 e. The Morgan fingerprint density at radius 3 is 2.70 bits per heavy atom. The van der Waals surface area contributed by atoms with Crippen LogP contribution in [-0.4, -0.2) is 29.5 Å². The minimum atomic E-state index is -0.212. The number of hydrogen-bond donors (Lipinski definition) is 2. The first-order valence-electron chi connectivity index (χ1n) is 7.26. The van der Waals surface area contributed by atoms with Crippen LogP contribution in [0.3, 0.4) is 0 Å². The van der Waals surface area contributed by atoms with Crippen LogP contribution in [-0.2, 0) is 0 Å². The third kappa shape index (κ3) is 3.42. The molecular formula is C14H24N4OS. The molecule has 1 aromatic rings. The van der Waals surface area contributed by atoms with Gasteiger partial charge < -0.3 is 16.0 Å². The van der Waals surface area contributed by atoms with Gasteiger partial charge in [-0.2, -0.15) is 0 Å². The van der Waals surface area contributed by atoms with E-state index < -0.39 is 0 Å². The average molecular weight is 296 g/mol. The molecule has 1 amide bonds. The average Bonchev–Trinajstić information content (AvgIpc) is 2.96. The number of hydrogen-bond acceptors (Lipinski definition) is 5. The van der Waals surface area contributed by atoms with Gasteiger partial charge in [0.1, 0.15) is 10.7 Å². The Morgan fingerprint density at radius 1 is 1.45 bits per heavy atom. The number of aromatic nitrogens is 1. The predicted molar refractivity (Wildman–Crippen MR) is 84.4 cm³/mol. The van der Waals surface area contributed by atoms with Gasteiger partial charge in [-0.05, 0) is 33.1 Å². The molecule has 20 heavy (non-hydrogen) atoms.